The van der Waals surface area contributed by atoms with Crippen LogP contribution in [0.3, 0.4) is 0 Å². The summed E-state index contributed by atoms with van der Waals surface area (Å²) in [5.41, 5.74) is -4.42. The molecule has 0 atom stereocenters. The number of nitriles is 3. The molecule has 0 unspecified atom stereocenters. The van der Waals surface area contributed by atoms with Gasteiger partial charge in [0.05, 0.1) is 16.8 Å². The first kappa shape index (κ1) is 16.5. The second kappa shape index (κ2) is 6.29. The fraction of sp³-hybridized carbons (Fsp3) is 0.0769. The number of carboxylic acids is 1. The number of aromatic carboxylic acids is 1. The van der Waals surface area contributed by atoms with E-state index in [1.54, 1.807) is 0 Å². The summed E-state index contributed by atoms with van der Waals surface area (Å²) in [7, 11) is 0. The number of nitrogens with zero attached hydrogens (tertiary/aromatic N) is 3. The Morgan fingerprint density at radius 3 is 2.14 bits per heavy atom. The van der Waals surface area contributed by atoms with Crippen molar-refractivity contribution in [2.24, 2.45) is 0 Å². The summed E-state index contributed by atoms with van der Waals surface area (Å²) < 4.78 is 38.5. The molecule has 9 heteroatoms. The Labute approximate surface area is 121 Å². The molecule has 0 radical (unpaired) electrons. The number of allylic oxidation sites excluding steroid dienone is 2. The predicted octanol–water partition coefficient (Wildman–Crippen LogP) is 2.64. The van der Waals surface area contributed by atoms with Gasteiger partial charge in [-0.25, -0.2) is 4.79 Å². The number of carbonyl (C=O) groups is 1. The lowest BCUT2D eigenvalue weighted by Crippen LogP contribution is -2.16. The predicted molar refractivity (Wildman–Crippen MR) is 65.9 cm³/mol. The average molecular weight is 306 g/mol. The summed E-state index contributed by atoms with van der Waals surface area (Å²) in [6, 6.07) is 6.68. The molecule has 0 aliphatic rings. The van der Waals surface area contributed by atoms with Crippen molar-refractivity contribution in [3.05, 3.63) is 40.6 Å². The average Bonchev–Trinajstić information content (AvgIpc) is 2.45. The molecule has 1 rings (SSSR count). The Morgan fingerprint density at radius 2 is 1.73 bits per heavy atom. The molecule has 0 heterocycles. The van der Waals surface area contributed by atoms with E-state index < -0.39 is 40.2 Å². The molecule has 0 aliphatic heterocycles. The summed E-state index contributed by atoms with van der Waals surface area (Å²) in [5, 5.41) is 37.2. The number of rotatable bonds is 3. The van der Waals surface area contributed by atoms with Gasteiger partial charge in [-0.1, -0.05) is 6.07 Å². The molecule has 0 fully saturated rings. The Kier molecular flexibility index (Phi) is 4.73. The van der Waals surface area contributed by atoms with Gasteiger partial charge < -0.3 is 10.4 Å². The zero-order valence-electron chi connectivity index (χ0n) is 10.6. The maximum Gasteiger partial charge on any atom is 0.417 e. The van der Waals surface area contributed by atoms with Crippen molar-refractivity contribution >= 4 is 11.7 Å². The number of anilines is 1. The van der Waals surface area contributed by atoms with E-state index in [1.165, 1.54) is 18.2 Å². The van der Waals surface area contributed by atoms with E-state index in [0.717, 1.165) is 12.1 Å². The molecule has 0 aliphatic carbocycles. The molecule has 6 nitrogen and oxygen atoms in total. The van der Waals surface area contributed by atoms with Gasteiger partial charge in [0, 0.05) is 0 Å². The third kappa shape index (κ3) is 3.33. The number of carboxylic acid groups (broad SMARTS) is 1. The van der Waals surface area contributed by atoms with Gasteiger partial charge in [-0.15, -0.1) is 0 Å². The summed E-state index contributed by atoms with van der Waals surface area (Å²) in [5.74, 6) is -1.87. The van der Waals surface area contributed by atoms with E-state index in [4.69, 9.17) is 20.9 Å². The number of hydrogen-bond donors (Lipinski definition) is 2. The Hall–Kier alpha value is -3.51. The second-order valence-electron chi connectivity index (χ2n) is 3.74. The SMILES string of the molecule is N#CC(C#N)=C(C#N)Nc1cccc(C(F)(F)F)c1C(=O)O. The molecule has 1 aromatic carbocycles. The number of alkyl halides is 3. The Balaban J connectivity index is 3.56. The lowest BCUT2D eigenvalue weighted by molar-refractivity contribution is -0.138. The van der Waals surface area contributed by atoms with Crippen LogP contribution in [0.15, 0.2) is 29.5 Å². The fourth-order valence-corrected chi connectivity index (χ4v) is 1.54. The Bertz CT molecular complexity index is 760. The van der Waals surface area contributed by atoms with Crippen LogP contribution in [0.1, 0.15) is 15.9 Å². The molecular weight excluding hydrogens is 301 g/mol. The van der Waals surface area contributed by atoms with Crippen molar-refractivity contribution in [2.45, 2.75) is 6.18 Å². The lowest BCUT2D eigenvalue weighted by atomic mass is 10.0. The molecule has 1 aromatic rings. The van der Waals surface area contributed by atoms with Crippen LogP contribution in [0.4, 0.5) is 18.9 Å². The maximum atomic E-state index is 12.8. The molecular formula is C13H5F3N4O2. The van der Waals surface area contributed by atoms with Gasteiger partial charge in [0.15, 0.2) is 5.57 Å². The van der Waals surface area contributed by atoms with Crippen LogP contribution in [0.5, 0.6) is 0 Å². The molecule has 2 N–H and O–H groups in total. The van der Waals surface area contributed by atoms with Crippen LogP contribution >= 0.6 is 0 Å². The number of halogens is 3. The molecule has 0 bridgehead atoms. The molecule has 0 saturated heterocycles. The summed E-state index contributed by atoms with van der Waals surface area (Å²) in [6.07, 6.45) is -4.92. The fourth-order valence-electron chi connectivity index (χ4n) is 1.54. The van der Waals surface area contributed by atoms with Gasteiger partial charge >= 0.3 is 12.1 Å². The first-order valence-corrected chi connectivity index (χ1v) is 5.41. The maximum absolute atomic E-state index is 12.8. The highest BCUT2D eigenvalue weighted by Crippen LogP contribution is 2.35. The summed E-state index contributed by atoms with van der Waals surface area (Å²) in [4.78, 5) is 11.1. The minimum atomic E-state index is -4.92. The summed E-state index contributed by atoms with van der Waals surface area (Å²) >= 11 is 0. The normalized spacial score (nSPS) is 9.82. The van der Waals surface area contributed by atoms with Crippen LogP contribution in [0.2, 0.25) is 0 Å². The van der Waals surface area contributed by atoms with E-state index in [-0.39, 0.29) is 0 Å². The van der Waals surface area contributed by atoms with Crippen molar-refractivity contribution in [3.63, 3.8) is 0 Å². The van der Waals surface area contributed by atoms with Crippen LogP contribution in [-0.4, -0.2) is 11.1 Å². The lowest BCUT2D eigenvalue weighted by Gasteiger charge is -2.14. The van der Waals surface area contributed by atoms with Crippen LogP contribution in [-0.2, 0) is 6.18 Å². The largest absolute Gasteiger partial charge is 0.478 e. The highest BCUT2D eigenvalue weighted by molar-refractivity contribution is 5.96. The highest BCUT2D eigenvalue weighted by Gasteiger charge is 2.36. The topological polar surface area (TPSA) is 121 Å². The van der Waals surface area contributed by atoms with Gasteiger partial charge in [-0.05, 0) is 12.1 Å². The first-order valence-electron chi connectivity index (χ1n) is 5.41. The smallest absolute Gasteiger partial charge is 0.417 e. The number of nitrogens with one attached hydrogen (secondary N) is 1. The van der Waals surface area contributed by atoms with Crippen molar-refractivity contribution in [2.75, 3.05) is 5.32 Å². The molecule has 22 heavy (non-hydrogen) atoms. The number of benzene rings is 1. The standard InChI is InChI=1S/C13H5F3N4O2/c14-13(15,16)8-2-1-3-9(11(8)12(21)22)20-10(6-19)7(4-17)5-18/h1-3,20H,(H,21,22). The van der Waals surface area contributed by atoms with Gasteiger partial charge in [-0.2, -0.15) is 29.0 Å². The van der Waals surface area contributed by atoms with Crippen LogP contribution in [0, 0.1) is 34.0 Å². The highest BCUT2D eigenvalue weighted by atomic mass is 19.4. The Morgan fingerprint density at radius 1 is 1.14 bits per heavy atom. The number of hydrogen-bond acceptors (Lipinski definition) is 5. The molecule has 0 aromatic heterocycles. The van der Waals surface area contributed by atoms with Crippen molar-refractivity contribution < 1.29 is 23.1 Å². The van der Waals surface area contributed by atoms with E-state index in [2.05, 4.69) is 5.32 Å². The quantitative estimate of drug-likeness (QED) is 0.828. The van der Waals surface area contributed by atoms with Crippen LogP contribution in [0.25, 0.3) is 0 Å². The summed E-state index contributed by atoms with van der Waals surface area (Å²) in [6.45, 7) is 0. The van der Waals surface area contributed by atoms with E-state index in [1.807, 2.05) is 0 Å². The van der Waals surface area contributed by atoms with Crippen molar-refractivity contribution in [3.8, 4) is 18.2 Å². The van der Waals surface area contributed by atoms with Crippen molar-refractivity contribution in [1.82, 2.24) is 0 Å². The minimum Gasteiger partial charge on any atom is -0.478 e. The second-order valence-corrected chi connectivity index (χ2v) is 3.74. The zero-order chi connectivity index (χ0) is 16.9. The van der Waals surface area contributed by atoms with Gasteiger partial charge in [0.25, 0.3) is 0 Å². The molecule has 0 saturated carbocycles. The monoisotopic (exact) mass is 306 g/mol. The third-order valence-electron chi connectivity index (χ3n) is 2.43. The van der Waals surface area contributed by atoms with Gasteiger partial charge in [0.2, 0.25) is 0 Å². The molecule has 110 valence electrons. The van der Waals surface area contributed by atoms with Crippen LogP contribution < -0.4 is 5.32 Å². The minimum absolute atomic E-state index is 0.554. The van der Waals surface area contributed by atoms with E-state index in [0.29, 0.717) is 6.07 Å². The third-order valence-corrected chi connectivity index (χ3v) is 2.43. The first-order chi connectivity index (χ1) is 10.3. The van der Waals surface area contributed by atoms with E-state index in [9.17, 15) is 18.0 Å². The van der Waals surface area contributed by atoms with Gasteiger partial charge in [0.1, 0.15) is 23.9 Å². The van der Waals surface area contributed by atoms with Crippen molar-refractivity contribution in [1.29, 1.82) is 15.8 Å². The van der Waals surface area contributed by atoms with E-state index >= 15 is 0 Å². The zero-order valence-corrected chi connectivity index (χ0v) is 10.6. The molecule has 0 spiro atoms. The molecule has 0 amide bonds. The van der Waals surface area contributed by atoms with Gasteiger partial charge in [-0.3, -0.25) is 0 Å².